The number of amides is 2. The van der Waals surface area contributed by atoms with Crippen molar-refractivity contribution in [2.45, 2.75) is 52.2 Å². The molecule has 1 atom stereocenters. The summed E-state index contributed by atoms with van der Waals surface area (Å²) in [5.74, 6) is -0.646. The zero-order valence-corrected chi connectivity index (χ0v) is 21.6. The van der Waals surface area contributed by atoms with Crippen LogP contribution in [0.15, 0.2) is 48.5 Å². The van der Waals surface area contributed by atoms with E-state index in [1.807, 2.05) is 19.9 Å². The number of nitrogens with zero attached hydrogens (tertiary/aromatic N) is 2. The van der Waals surface area contributed by atoms with Crippen molar-refractivity contribution in [2.24, 2.45) is 0 Å². The number of carbonyl (C=O) groups is 2. The van der Waals surface area contributed by atoms with Crippen LogP contribution >= 0.6 is 0 Å². The third-order valence-electron chi connectivity index (χ3n) is 5.36. The van der Waals surface area contributed by atoms with E-state index in [2.05, 4.69) is 5.32 Å². The molecule has 0 saturated carbocycles. The summed E-state index contributed by atoms with van der Waals surface area (Å²) < 4.78 is 45.1. The van der Waals surface area contributed by atoms with E-state index in [1.54, 1.807) is 38.3 Å². The van der Waals surface area contributed by atoms with Gasteiger partial charge in [0.25, 0.3) is 0 Å². The van der Waals surface area contributed by atoms with Gasteiger partial charge in [-0.15, -0.1) is 0 Å². The molecule has 0 aliphatic heterocycles. The smallest absolute Gasteiger partial charge is 0.242 e. The molecule has 1 N–H and O–H groups in total. The molecule has 0 bridgehead atoms. The van der Waals surface area contributed by atoms with Gasteiger partial charge < -0.3 is 15.0 Å². The minimum absolute atomic E-state index is 0.0241. The zero-order chi connectivity index (χ0) is 26.2. The first-order chi connectivity index (χ1) is 16.4. The van der Waals surface area contributed by atoms with Gasteiger partial charge in [-0.3, -0.25) is 13.9 Å². The second kappa shape index (κ2) is 12.5. The standard InChI is InChI=1S/C25H34FN3O5S/c1-18(2)27-25(31)19(3)28(17-20-10-8-11-21(16-20)34-4)24(30)14-9-15-29(35(5,32)33)23-13-7-6-12-22(23)26/h6-8,10-13,16,18-19H,9,14-15,17H2,1-5H3,(H,27,31)/t19-/m0/s1. The molecule has 0 heterocycles. The number of rotatable bonds is 12. The summed E-state index contributed by atoms with van der Waals surface area (Å²) in [5, 5.41) is 2.82. The zero-order valence-electron chi connectivity index (χ0n) is 20.8. The van der Waals surface area contributed by atoms with Gasteiger partial charge in [0, 0.05) is 25.6 Å². The van der Waals surface area contributed by atoms with Gasteiger partial charge in [0.15, 0.2) is 0 Å². The minimum Gasteiger partial charge on any atom is -0.497 e. The average molecular weight is 508 g/mol. The van der Waals surface area contributed by atoms with Crippen LogP contribution in [-0.2, 0) is 26.2 Å². The number of hydrogen-bond acceptors (Lipinski definition) is 5. The number of methoxy groups -OCH3 is 1. The Kier molecular flexibility index (Phi) is 10.1. The van der Waals surface area contributed by atoms with Crippen LogP contribution in [0.1, 0.15) is 39.2 Å². The van der Waals surface area contributed by atoms with Gasteiger partial charge in [-0.2, -0.15) is 0 Å². The van der Waals surface area contributed by atoms with Crippen LogP contribution in [0.4, 0.5) is 10.1 Å². The summed E-state index contributed by atoms with van der Waals surface area (Å²) in [6.45, 7) is 5.41. The van der Waals surface area contributed by atoms with Crippen LogP contribution in [0, 0.1) is 5.82 Å². The van der Waals surface area contributed by atoms with E-state index >= 15 is 0 Å². The first kappa shape index (κ1) is 28.1. The summed E-state index contributed by atoms with van der Waals surface area (Å²) in [5.41, 5.74) is 0.714. The summed E-state index contributed by atoms with van der Waals surface area (Å²) in [6, 6.07) is 11.9. The predicted molar refractivity (Wildman–Crippen MR) is 134 cm³/mol. The molecule has 0 aliphatic carbocycles. The highest BCUT2D eigenvalue weighted by atomic mass is 32.2. The number of halogens is 1. The lowest BCUT2D eigenvalue weighted by atomic mass is 10.1. The molecule has 0 aromatic heterocycles. The Morgan fingerprint density at radius 1 is 1.09 bits per heavy atom. The van der Waals surface area contributed by atoms with E-state index in [0.29, 0.717) is 5.75 Å². The van der Waals surface area contributed by atoms with E-state index in [-0.39, 0.29) is 49.5 Å². The van der Waals surface area contributed by atoms with E-state index in [0.717, 1.165) is 16.1 Å². The summed E-state index contributed by atoms with van der Waals surface area (Å²) >= 11 is 0. The Balaban J connectivity index is 2.20. The summed E-state index contributed by atoms with van der Waals surface area (Å²) in [6.07, 6.45) is 1.12. The molecule has 35 heavy (non-hydrogen) atoms. The number of para-hydroxylation sites is 1. The van der Waals surface area contributed by atoms with Gasteiger partial charge in [-0.1, -0.05) is 24.3 Å². The average Bonchev–Trinajstić information content (AvgIpc) is 2.79. The van der Waals surface area contributed by atoms with Crippen LogP contribution in [0.25, 0.3) is 0 Å². The Morgan fingerprint density at radius 2 is 1.77 bits per heavy atom. The van der Waals surface area contributed by atoms with Crippen LogP contribution < -0.4 is 14.4 Å². The van der Waals surface area contributed by atoms with Gasteiger partial charge in [-0.05, 0) is 57.0 Å². The highest BCUT2D eigenvalue weighted by molar-refractivity contribution is 7.92. The van der Waals surface area contributed by atoms with Gasteiger partial charge in [0.2, 0.25) is 21.8 Å². The third kappa shape index (κ3) is 8.24. The molecule has 0 radical (unpaired) electrons. The van der Waals surface area contributed by atoms with Crippen LogP contribution in [-0.4, -0.2) is 57.1 Å². The van der Waals surface area contributed by atoms with Crippen molar-refractivity contribution < 1.29 is 27.1 Å². The lowest BCUT2D eigenvalue weighted by molar-refractivity contribution is -0.140. The van der Waals surface area contributed by atoms with Crippen molar-refractivity contribution in [1.82, 2.24) is 10.2 Å². The number of anilines is 1. The van der Waals surface area contributed by atoms with Crippen molar-refractivity contribution in [2.75, 3.05) is 24.2 Å². The molecule has 2 rings (SSSR count). The van der Waals surface area contributed by atoms with E-state index in [1.165, 1.54) is 23.1 Å². The Labute approximate surface area is 207 Å². The monoisotopic (exact) mass is 507 g/mol. The topological polar surface area (TPSA) is 96.0 Å². The fourth-order valence-corrected chi connectivity index (χ4v) is 4.56. The van der Waals surface area contributed by atoms with Crippen molar-refractivity contribution in [1.29, 1.82) is 0 Å². The second-order valence-electron chi connectivity index (χ2n) is 8.60. The van der Waals surface area contributed by atoms with Gasteiger partial charge >= 0.3 is 0 Å². The fourth-order valence-electron chi connectivity index (χ4n) is 3.59. The van der Waals surface area contributed by atoms with E-state index in [4.69, 9.17) is 4.74 Å². The maximum atomic E-state index is 14.3. The van der Waals surface area contributed by atoms with Crippen LogP contribution in [0.5, 0.6) is 5.75 Å². The number of carbonyl (C=O) groups excluding carboxylic acids is 2. The molecule has 0 unspecified atom stereocenters. The number of ether oxygens (including phenoxy) is 1. The Hall–Kier alpha value is -3.14. The van der Waals surface area contributed by atoms with Gasteiger partial charge in [-0.25, -0.2) is 12.8 Å². The van der Waals surface area contributed by atoms with E-state index in [9.17, 15) is 22.4 Å². The summed E-state index contributed by atoms with van der Waals surface area (Å²) in [4.78, 5) is 27.4. The molecule has 0 spiro atoms. The van der Waals surface area contributed by atoms with Crippen molar-refractivity contribution >= 4 is 27.5 Å². The highest BCUT2D eigenvalue weighted by Crippen LogP contribution is 2.22. The first-order valence-corrected chi connectivity index (χ1v) is 13.2. The first-order valence-electron chi connectivity index (χ1n) is 11.4. The molecule has 2 aromatic rings. The minimum atomic E-state index is -3.77. The molecular weight excluding hydrogens is 473 g/mol. The molecule has 2 aromatic carbocycles. The third-order valence-corrected chi connectivity index (χ3v) is 6.54. The fraction of sp³-hybridized carbons (Fsp3) is 0.440. The van der Waals surface area contributed by atoms with Crippen LogP contribution in [0.2, 0.25) is 0 Å². The largest absolute Gasteiger partial charge is 0.497 e. The van der Waals surface area contributed by atoms with Gasteiger partial charge in [0.05, 0.1) is 19.1 Å². The maximum absolute atomic E-state index is 14.3. The number of benzene rings is 2. The lowest BCUT2D eigenvalue weighted by Gasteiger charge is -2.30. The number of nitrogens with one attached hydrogen (secondary N) is 1. The predicted octanol–water partition coefficient (Wildman–Crippen LogP) is 3.32. The number of sulfonamides is 1. The quantitative estimate of drug-likeness (QED) is 0.476. The SMILES string of the molecule is COc1cccc(CN(C(=O)CCCN(c2ccccc2F)S(C)(=O)=O)[C@@H](C)C(=O)NC(C)C)c1. The number of hydrogen-bond donors (Lipinski definition) is 1. The molecule has 0 fully saturated rings. The van der Waals surface area contributed by atoms with E-state index < -0.39 is 21.9 Å². The molecule has 192 valence electrons. The maximum Gasteiger partial charge on any atom is 0.242 e. The normalized spacial score (nSPS) is 12.2. The van der Waals surface area contributed by atoms with Crippen LogP contribution in [0.3, 0.4) is 0 Å². The molecule has 2 amide bonds. The van der Waals surface area contributed by atoms with Crippen molar-refractivity contribution in [3.05, 3.63) is 59.9 Å². The van der Waals surface area contributed by atoms with Gasteiger partial charge in [0.1, 0.15) is 17.6 Å². The molecule has 10 heteroatoms. The molecular formula is C25H34FN3O5S. The molecule has 0 saturated heterocycles. The Morgan fingerprint density at radius 3 is 2.37 bits per heavy atom. The van der Waals surface area contributed by atoms with Crippen molar-refractivity contribution in [3.63, 3.8) is 0 Å². The summed E-state index contributed by atoms with van der Waals surface area (Å²) in [7, 11) is -2.22. The lowest BCUT2D eigenvalue weighted by Crippen LogP contribution is -2.49. The highest BCUT2D eigenvalue weighted by Gasteiger charge is 2.27. The Bertz CT molecular complexity index is 1120. The molecule has 8 nitrogen and oxygen atoms in total. The molecule has 0 aliphatic rings. The van der Waals surface area contributed by atoms with Crippen molar-refractivity contribution in [3.8, 4) is 5.75 Å². The second-order valence-corrected chi connectivity index (χ2v) is 10.5.